The molecule has 9 heteroatoms. The number of carbonyl (C=O) groups is 1. The Balaban J connectivity index is 1.52. The van der Waals surface area contributed by atoms with Gasteiger partial charge in [0.05, 0.1) is 25.4 Å². The van der Waals surface area contributed by atoms with Crippen molar-refractivity contribution in [3.05, 3.63) is 78.5 Å². The number of aromatic nitrogens is 1. The monoisotopic (exact) mass is 451 g/mol. The molecule has 33 heavy (non-hydrogen) atoms. The van der Waals surface area contributed by atoms with E-state index < -0.39 is 17.7 Å². The van der Waals surface area contributed by atoms with Crippen molar-refractivity contribution in [3.63, 3.8) is 0 Å². The first kappa shape index (κ1) is 21.8. The van der Waals surface area contributed by atoms with Gasteiger partial charge in [0.2, 0.25) is 0 Å². The standard InChI is InChI=1S/C24H19F2N3O4/c1-31-22-12-17-20(13-23(22)32-2)27-10-9-21(17)33-16-7-8-19(18(26)11-16)29-24(30)28-15-5-3-14(25)4-6-15/h3-13H,1-2H3,(H2,28,29,30). The fraction of sp³-hybridized carbons (Fsp3) is 0.0833. The minimum Gasteiger partial charge on any atom is -0.493 e. The molecule has 0 fully saturated rings. The highest BCUT2D eigenvalue weighted by Gasteiger charge is 2.13. The van der Waals surface area contributed by atoms with Crippen LogP contribution >= 0.6 is 0 Å². The summed E-state index contributed by atoms with van der Waals surface area (Å²) in [6, 6.07) is 13.7. The van der Waals surface area contributed by atoms with Gasteiger partial charge in [0.1, 0.15) is 23.1 Å². The normalized spacial score (nSPS) is 10.5. The van der Waals surface area contributed by atoms with Crippen LogP contribution in [0.4, 0.5) is 25.0 Å². The summed E-state index contributed by atoms with van der Waals surface area (Å²) in [5.41, 5.74) is 0.931. The lowest BCUT2D eigenvalue weighted by Gasteiger charge is -2.13. The van der Waals surface area contributed by atoms with Crippen LogP contribution in [0.5, 0.6) is 23.0 Å². The molecule has 0 aliphatic heterocycles. The highest BCUT2D eigenvalue weighted by atomic mass is 19.1. The maximum Gasteiger partial charge on any atom is 0.323 e. The smallest absolute Gasteiger partial charge is 0.323 e. The summed E-state index contributed by atoms with van der Waals surface area (Å²) in [5, 5.41) is 5.55. The zero-order valence-corrected chi connectivity index (χ0v) is 17.7. The summed E-state index contributed by atoms with van der Waals surface area (Å²) in [7, 11) is 3.05. The number of pyridine rings is 1. The van der Waals surface area contributed by atoms with E-state index in [-0.39, 0.29) is 11.4 Å². The lowest BCUT2D eigenvalue weighted by Crippen LogP contribution is -2.20. The van der Waals surface area contributed by atoms with Gasteiger partial charge in [-0.3, -0.25) is 4.98 Å². The summed E-state index contributed by atoms with van der Waals surface area (Å²) >= 11 is 0. The van der Waals surface area contributed by atoms with E-state index >= 15 is 0 Å². The van der Waals surface area contributed by atoms with Crippen LogP contribution < -0.4 is 24.8 Å². The third-order valence-electron chi connectivity index (χ3n) is 4.73. The van der Waals surface area contributed by atoms with Crippen LogP contribution in [0, 0.1) is 11.6 Å². The fourth-order valence-electron chi connectivity index (χ4n) is 3.14. The van der Waals surface area contributed by atoms with Crippen molar-refractivity contribution in [2.75, 3.05) is 24.9 Å². The molecule has 4 aromatic rings. The van der Waals surface area contributed by atoms with E-state index in [0.29, 0.717) is 33.8 Å². The van der Waals surface area contributed by atoms with E-state index in [1.54, 1.807) is 24.4 Å². The second-order valence-corrected chi connectivity index (χ2v) is 6.86. The number of halogens is 2. The minimum atomic E-state index is -0.695. The number of nitrogens with zero attached hydrogens (tertiary/aromatic N) is 1. The first-order valence-electron chi connectivity index (χ1n) is 9.78. The van der Waals surface area contributed by atoms with E-state index in [4.69, 9.17) is 14.2 Å². The number of rotatable bonds is 6. The minimum absolute atomic E-state index is 0.0482. The molecule has 0 spiro atoms. The molecule has 0 unspecified atom stereocenters. The fourth-order valence-corrected chi connectivity index (χ4v) is 3.14. The van der Waals surface area contributed by atoms with Crippen LogP contribution in [-0.2, 0) is 0 Å². The predicted octanol–water partition coefficient (Wildman–Crippen LogP) is 5.97. The lowest BCUT2D eigenvalue weighted by molar-refractivity contribution is 0.262. The van der Waals surface area contributed by atoms with Gasteiger partial charge in [0, 0.05) is 29.4 Å². The number of amides is 2. The van der Waals surface area contributed by atoms with Gasteiger partial charge in [-0.05, 0) is 48.5 Å². The van der Waals surface area contributed by atoms with Gasteiger partial charge in [-0.2, -0.15) is 0 Å². The molecule has 1 heterocycles. The number of hydrogen-bond acceptors (Lipinski definition) is 5. The van der Waals surface area contributed by atoms with Gasteiger partial charge in [-0.15, -0.1) is 0 Å². The average Bonchev–Trinajstić information content (AvgIpc) is 2.81. The van der Waals surface area contributed by atoms with Gasteiger partial charge in [0.15, 0.2) is 11.5 Å². The zero-order chi connectivity index (χ0) is 23.4. The third kappa shape index (κ3) is 4.93. The predicted molar refractivity (Wildman–Crippen MR) is 120 cm³/mol. The SMILES string of the molecule is COc1cc2nccc(Oc3ccc(NC(=O)Nc4ccc(F)cc4)c(F)c3)c2cc1OC. The molecule has 0 radical (unpaired) electrons. The molecular formula is C24H19F2N3O4. The largest absolute Gasteiger partial charge is 0.493 e. The molecule has 2 N–H and O–H groups in total. The molecule has 0 bridgehead atoms. The molecule has 7 nitrogen and oxygen atoms in total. The first-order valence-corrected chi connectivity index (χ1v) is 9.78. The van der Waals surface area contributed by atoms with Crippen molar-refractivity contribution in [3.8, 4) is 23.0 Å². The second kappa shape index (κ2) is 9.39. The molecular weight excluding hydrogens is 432 g/mol. The number of urea groups is 1. The average molecular weight is 451 g/mol. The number of anilines is 2. The molecule has 0 saturated heterocycles. The van der Waals surface area contributed by atoms with Crippen LogP contribution in [0.15, 0.2) is 66.9 Å². The number of methoxy groups -OCH3 is 2. The number of hydrogen-bond donors (Lipinski definition) is 2. The lowest BCUT2D eigenvalue weighted by atomic mass is 10.2. The van der Waals surface area contributed by atoms with Gasteiger partial charge >= 0.3 is 6.03 Å². The molecule has 168 valence electrons. The Morgan fingerprint density at radius 2 is 1.58 bits per heavy atom. The van der Waals surface area contributed by atoms with Crippen LogP contribution in [0.2, 0.25) is 0 Å². The van der Waals surface area contributed by atoms with Crippen LogP contribution in [0.3, 0.4) is 0 Å². The van der Waals surface area contributed by atoms with Crippen LogP contribution in [0.1, 0.15) is 0 Å². The van der Waals surface area contributed by atoms with Gasteiger partial charge in [-0.25, -0.2) is 13.6 Å². The van der Waals surface area contributed by atoms with E-state index in [0.717, 1.165) is 6.07 Å². The highest BCUT2D eigenvalue weighted by molar-refractivity contribution is 5.99. The second-order valence-electron chi connectivity index (χ2n) is 6.86. The molecule has 4 rings (SSSR count). The maximum absolute atomic E-state index is 14.6. The van der Waals surface area contributed by atoms with E-state index in [1.807, 2.05) is 0 Å². The number of benzene rings is 3. The molecule has 0 aliphatic carbocycles. The van der Waals surface area contributed by atoms with Crippen molar-refractivity contribution < 1.29 is 27.8 Å². The molecule has 0 saturated carbocycles. The molecule has 3 aromatic carbocycles. The number of carbonyl (C=O) groups excluding carboxylic acids is 1. The van der Waals surface area contributed by atoms with E-state index in [2.05, 4.69) is 15.6 Å². The number of ether oxygens (including phenoxy) is 3. The Hall–Kier alpha value is -4.40. The Labute approximate surface area is 187 Å². The van der Waals surface area contributed by atoms with Crippen molar-refractivity contribution >= 4 is 28.3 Å². The maximum atomic E-state index is 14.6. The molecule has 1 aromatic heterocycles. The zero-order valence-electron chi connectivity index (χ0n) is 17.7. The van der Waals surface area contributed by atoms with Gasteiger partial charge < -0.3 is 24.8 Å². The Morgan fingerprint density at radius 1 is 0.848 bits per heavy atom. The third-order valence-corrected chi connectivity index (χ3v) is 4.73. The highest BCUT2D eigenvalue weighted by Crippen LogP contribution is 2.37. The van der Waals surface area contributed by atoms with E-state index in [1.165, 1.54) is 50.6 Å². The van der Waals surface area contributed by atoms with Crippen molar-refractivity contribution in [1.82, 2.24) is 4.98 Å². The summed E-state index contributed by atoms with van der Waals surface area (Å²) in [6.45, 7) is 0. The Morgan fingerprint density at radius 3 is 2.27 bits per heavy atom. The number of nitrogens with one attached hydrogen (secondary N) is 2. The van der Waals surface area contributed by atoms with E-state index in [9.17, 15) is 13.6 Å². The number of fused-ring (bicyclic) bond motifs is 1. The van der Waals surface area contributed by atoms with Crippen LogP contribution in [0.25, 0.3) is 10.9 Å². The quantitative estimate of drug-likeness (QED) is 0.378. The summed E-state index contributed by atoms with van der Waals surface area (Å²) in [5.74, 6) is 0.562. The summed E-state index contributed by atoms with van der Waals surface area (Å²) in [4.78, 5) is 16.4. The molecule has 0 atom stereocenters. The van der Waals surface area contributed by atoms with Gasteiger partial charge in [-0.1, -0.05) is 0 Å². The van der Waals surface area contributed by atoms with Crippen molar-refractivity contribution in [2.45, 2.75) is 0 Å². The summed E-state index contributed by atoms with van der Waals surface area (Å²) in [6.07, 6.45) is 1.57. The Bertz CT molecular complexity index is 1310. The van der Waals surface area contributed by atoms with Gasteiger partial charge in [0.25, 0.3) is 0 Å². The first-order chi connectivity index (χ1) is 16.0. The molecule has 0 aliphatic rings. The Kier molecular flexibility index (Phi) is 6.21. The van der Waals surface area contributed by atoms with Crippen molar-refractivity contribution in [1.29, 1.82) is 0 Å². The van der Waals surface area contributed by atoms with Crippen LogP contribution in [-0.4, -0.2) is 25.2 Å². The summed E-state index contributed by atoms with van der Waals surface area (Å²) < 4.78 is 44.1. The topological polar surface area (TPSA) is 81.7 Å². The molecule has 2 amide bonds. The van der Waals surface area contributed by atoms with Crippen molar-refractivity contribution in [2.24, 2.45) is 0 Å².